The van der Waals surface area contributed by atoms with Gasteiger partial charge in [-0.15, -0.1) is 0 Å². The molecule has 7 rings (SSSR count). The molecule has 1 unspecified atom stereocenters. The highest BCUT2D eigenvalue weighted by atomic mass is 32.2. The lowest BCUT2D eigenvalue weighted by Crippen LogP contribution is -2.15. The van der Waals surface area contributed by atoms with Crippen molar-refractivity contribution in [2.75, 3.05) is 19.5 Å². The third kappa shape index (κ3) is 6.66. The predicted molar refractivity (Wildman–Crippen MR) is 193 cm³/mol. The Kier molecular flexibility index (Phi) is 9.76. The van der Waals surface area contributed by atoms with Crippen molar-refractivity contribution in [2.45, 2.75) is 57.7 Å². The van der Waals surface area contributed by atoms with Crippen molar-refractivity contribution >= 4 is 38.4 Å². The van der Waals surface area contributed by atoms with E-state index < -0.39 is 16.8 Å². The van der Waals surface area contributed by atoms with Gasteiger partial charge in [0.25, 0.3) is 0 Å². The van der Waals surface area contributed by atoms with Gasteiger partial charge < -0.3 is 14.0 Å². The molecule has 0 aliphatic carbocycles. The molecule has 1 atom stereocenters. The molecule has 0 radical (unpaired) electrons. The largest absolute Gasteiger partial charge is 0.493 e. The zero-order valence-electron chi connectivity index (χ0n) is 28.6. The van der Waals surface area contributed by atoms with Crippen LogP contribution < -0.4 is 4.74 Å². The summed E-state index contributed by atoms with van der Waals surface area (Å²) in [7, 11) is 2.15. The normalized spacial score (nSPS) is 15.9. The standard InChI is InChI=1S/C39H40FN5O4S/c1-4-26-9-12-34-33-7-5-15-49-35-18-25(17-27-19-29(40)10-13-32(27)35)8-11-31-20-30(43-44(31)2)23-50(47)16-6-14-45(38(33)39(46)48-3)37(34)36(26)28-21-41-24-42-22-28/h9-10,12-13,17-22,24H,4-8,11,14-16,23H2,1-3H3. The van der Waals surface area contributed by atoms with Gasteiger partial charge in [0, 0.05) is 70.1 Å². The minimum atomic E-state index is -1.17. The topological polar surface area (TPSA) is 101 Å². The molecule has 0 amide bonds. The van der Waals surface area contributed by atoms with Gasteiger partial charge in [0.15, 0.2) is 0 Å². The molecule has 0 fully saturated rings. The Labute approximate surface area is 292 Å². The van der Waals surface area contributed by atoms with Crippen molar-refractivity contribution in [3.8, 4) is 16.9 Å². The minimum absolute atomic E-state index is 0.300. The van der Waals surface area contributed by atoms with E-state index in [1.54, 1.807) is 24.5 Å². The number of fused-ring (bicyclic) bond motifs is 11. The molecule has 6 aromatic rings. The van der Waals surface area contributed by atoms with Gasteiger partial charge in [0.05, 0.1) is 30.7 Å². The van der Waals surface area contributed by atoms with Gasteiger partial charge >= 0.3 is 5.97 Å². The first-order chi connectivity index (χ1) is 24.3. The average Bonchev–Trinajstić information content (AvgIpc) is 3.63. The van der Waals surface area contributed by atoms with Crippen LogP contribution in [-0.4, -0.2) is 54.0 Å². The van der Waals surface area contributed by atoms with Crippen LogP contribution in [0.3, 0.4) is 0 Å². The summed E-state index contributed by atoms with van der Waals surface area (Å²) in [6.07, 6.45) is 9.09. The summed E-state index contributed by atoms with van der Waals surface area (Å²) in [5.41, 5.74) is 8.09. The van der Waals surface area contributed by atoms with Crippen LogP contribution in [0.5, 0.6) is 5.75 Å². The van der Waals surface area contributed by atoms with Crippen LogP contribution in [-0.2, 0) is 60.6 Å². The maximum absolute atomic E-state index is 14.4. The maximum Gasteiger partial charge on any atom is 0.354 e. The smallest absolute Gasteiger partial charge is 0.354 e. The average molecular weight is 694 g/mol. The maximum atomic E-state index is 14.4. The number of nitrogens with zero attached hydrogens (tertiary/aromatic N) is 5. The molecule has 1 aliphatic rings. The number of hydrogen-bond acceptors (Lipinski definition) is 7. The Hall–Kier alpha value is -4.90. The zero-order chi connectivity index (χ0) is 34.8. The summed E-state index contributed by atoms with van der Waals surface area (Å²) in [6.45, 7) is 2.97. The minimum Gasteiger partial charge on any atom is -0.493 e. The highest BCUT2D eigenvalue weighted by Gasteiger charge is 2.27. The first kappa shape index (κ1) is 33.6. The van der Waals surface area contributed by atoms with Crippen molar-refractivity contribution in [1.29, 1.82) is 0 Å². The van der Waals surface area contributed by atoms with Crippen LogP contribution in [0, 0.1) is 5.82 Å². The van der Waals surface area contributed by atoms with Crippen LogP contribution in [0.4, 0.5) is 4.39 Å². The Morgan fingerprint density at radius 1 is 1.02 bits per heavy atom. The Balaban J connectivity index is 1.35. The number of methoxy groups -OCH3 is 1. The summed E-state index contributed by atoms with van der Waals surface area (Å²) in [4.78, 5) is 22.3. The second kappa shape index (κ2) is 14.5. The van der Waals surface area contributed by atoms with E-state index in [1.807, 2.05) is 29.9 Å². The first-order valence-corrected chi connectivity index (χ1v) is 18.6. The lowest BCUT2D eigenvalue weighted by Gasteiger charge is -2.15. The number of ether oxygens (including phenoxy) is 2. The number of halogens is 1. The third-order valence-corrected chi connectivity index (χ3v) is 10.9. The number of carbonyl (C=O) groups is 1. The lowest BCUT2D eigenvalue weighted by molar-refractivity contribution is 0.0587. The zero-order valence-corrected chi connectivity index (χ0v) is 29.4. The van der Waals surface area contributed by atoms with E-state index in [-0.39, 0.29) is 5.82 Å². The quantitative estimate of drug-likeness (QED) is 0.186. The molecule has 1 aliphatic heterocycles. The molecule has 0 saturated carbocycles. The van der Waals surface area contributed by atoms with Gasteiger partial charge in [0.2, 0.25) is 0 Å². The summed E-state index contributed by atoms with van der Waals surface area (Å²) in [5.74, 6) is 0.766. The van der Waals surface area contributed by atoms with Gasteiger partial charge in [-0.25, -0.2) is 19.2 Å². The van der Waals surface area contributed by atoms with Crippen LogP contribution in [0.2, 0.25) is 0 Å². The Morgan fingerprint density at radius 2 is 1.84 bits per heavy atom. The van der Waals surface area contributed by atoms with Crippen LogP contribution in [0.1, 0.15) is 58.3 Å². The number of rotatable bonds is 3. The molecule has 6 bridgehead atoms. The van der Waals surface area contributed by atoms with E-state index in [2.05, 4.69) is 38.7 Å². The molecule has 3 aromatic heterocycles. The number of benzene rings is 3. The highest BCUT2D eigenvalue weighted by Crippen LogP contribution is 2.38. The van der Waals surface area contributed by atoms with Crippen molar-refractivity contribution in [1.82, 2.24) is 24.3 Å². The predicted octanol–water partition coefficient (Wildman–Crippen LogP) is 6.92. The molecule has 0 saturated heterocycles. The number of hydrogen-bond donors (Lipinski definition) is 0. The Bertz CT molecular complexity index is 2230. The van der Waals surface area contributed by atoms with Crippen molar-refractivity contribution < 1.29 is 22.9 Å². The SMILES string of the molecule is CCc1ccc2c3c(C(=O)OC)n(c2c1-c1cncnc1)CCCS(=O)Cc1cc(n(C)n1)CCc1cc(c2ccc(F)cc2c1)OCCC3. The summed E-state index contributed by atoms with van der Waals surface area (Å²) < 4.78 is 43.6. The Morgan fingerprint density at radius 3 is 2.64 bits per heavy atom. The fraction of sp³-hybridized carbons (Fsp3) is 0.333. The fourth-order valence-electron chi connectivity index (χ4n) is 7.24. The van der Waals surface area contributed by atoms with E-state index in [9.17, 15) is 13.4 Å². The summed E-state index contributed by atoms with van der Waals surface area (Å²) in [6, 6.07) is 15.0. The second-order valence-electron chi connectivity index (χ2n) is 12.8. The van der Waals surface area contributed by atoms with Gasteiger partial charge in [0.1, 0.15) is 23.6 Å². The number of aromatic nitrogens is 5. The van der Waals surface area contributed by atoms with Gasteiger partial charge in [-0.3, -0.25) is 8.89 Å². The molecule has 50 heavy (non-hydrogen) atoms. The van der Waals surface area contributed by atoms with E-state index in [1.165, 1.54) is 19.5 Å². The van der Waals surface area contributed by atoms with Crippen molar-refractivity contribution in [3.05, 3.63) is 107 Å². The van der Waals surface area contributed by atoms with E-state index in [0.29, 0.717) is 61.8 Å². The molecule has 0 N–H and O–H groups in total. The number of esters is 1. The molecule has 258 valence electrons. The van der Waals surface area contributed by atoms with Crippen molar-refractivity contribution in [3.63, 3.8) is 0 Å². The van der Waals surface area contributed by atoms with Gasteiger partial charge in [-0.2, -0.15) is 5.10 Å². The summed E-state index contributed by atoms with van der Waals surface area (Å²) in [5, 5.41) is 7.25. The third-order valence-electron chi connectivity index (χ3n) is 9.55. The number of carbonyl (C=O) groups excluding carboxylic acids is 1. The molecule has 9 nitrogen and oxygen atoms in total. The van der Waals surface area contributed by atoms with E-state index in [0.717, 1.165) is 73.7 Å². The fourth-order valence-corrected chi connectivity index (χ4v) is 8.31. The van der Waals surface area contributed by atoms with Gasteiger partial charge in [-0.05, 0) is 90.9 Å². The monoisotopic (exact) mass is 693 g/mol. The van der Waals surface area contributed by atoms with Crippen LogP contribution in [0.25, 0.3) is 32.8 Å². The first-order valence-electron chi connectivity index (χ1n) is 17.1. The van der Waals surface area contributed by atoms with Crippen LogP contribution >= 0.6 is 0 Å². The van der Waals surface area contributed by atoms with Crippen LogP contribution in [0.15, 0.2) is 67.3 Å². The molecular weight excluding hydrogens is 654 g/mol. The molecule has 4 heterocycles. The van der Waals surface area contributed by atoms with Crippen molar-refractivity contribution in [2.24, 2.45) is 7.05 Å². The van der Waals surface area contributed by atoms with E-state index in [4.69, 9.17) is 9.47 Å². The molecule has 0 spiro atoms. The summed E-state index contributed by atoms with van der Waals surface area (Å²) >= 11 is 0. The highest BCUT2D eigenvalue weighted by molar-refractivity contribution is 7.84. The number of aryl methyl sites for hydroxylation is 6. The van der Waals surface area contributed by atoms with E-state index >= 15 is 0 Å². The molecule has 11 heteroatoms. The second-order valence-corrected chi connectivity index (χ2v) is 14.3. The molecule has 3 aromatic carbocycles. The van der Waals surface area contributed by atoms with Gasteiger partial charge in [-0.1, -0.05) is 25.1 Å². The lowest BCUT2D eigenvalue weighted by atomic mass is 9.95. The molecular formula is C39H40FN5O4S.